The fourth-order valence-electron chi connectivity index (χ4n) is 0.167. The Bertz CT molecular complexity index is 136. The Balaban J connectivity index is 3.93. The van der Waals surface area contributed by atoms with Gasteiger partial charge in [-0.05, 0) is 0 Å². The van der Waals surface area contributed by atoms with Crippen molar-refractivity contribution in [1.82, 2.24) is 3.71 Å². The molecule has 0 saturated carbocycles. The van der Waals surface area contributed by atoms with E-state index in [9.17, 15) is 0 Å². The Labute approximate surface area is 63.7 Å². The number of nitrogens with two attached hydrogens (primary N) is 2. The van der Waals surface area contributed by atoms with Crippen molar-refractivity contribution in [2.75, 3.05) is 0 Å². The number of thiol groups is 2. The molecule has 0 heterocycles. The van der Waals surface area contributed by atoms with Crippen molar-refractivity contribution in [3.05, 3.63) is 0 Å². The predicted octanol–water partition coefficient (Wildman–Crippen LogP) is -0.814. The van der Waals surface area contributed by atoms with Crippen LogP contribution in [-0.4, -0.2) is 15.6 Å². The smallest absolute Gasteiger partial charge is 0.241 e. The average molecular weight is 165 g/mol. The van der Waals surface area contributed by atoms with E-state index in [4.69, 9.17) is 16.9 Å². The molecule has 5 nitrogen and oxygen atoms in total. The van der Waals surface area contributed by atoms with Gasteiger partial charge in [-0.25, -0.2) is 3.71 Å². The van der Waals surface area contributed by atoms with Crippen molar-refractivity contribution >= 4 is 37.5 Å². The van der Waals surface area contributed by atoms with Crippen molar-refractivity contribution in [3.63, 3.8) is 0 Å². The van der Waals surface area contributed by atoms with Crippen molar-refractivity contribution in [2.24, 2.45) is 16.5 Å². The van der Waals surface area contributed by atoms with Gasteiger partial charge in [0.25, 0.3) is 0 Å². The summed E-state index contributed by atoms with van der Waals surface area (Å²) in [4.78, 5) is 3.31. The van der Waals surface area contributed by atoms with E-state index >= 15 is 0 Å². The third kappa shape index (κ3) is 3.98. The first-order valence-electron chi connectivity index (χ1n) is 1.90. The summed E-state index contributed by atoms with van der Waals surface area (Å²) in [5.41, 5.74) is 9.85. The van der Waals surface area contributed by atoms with Crippen LogP contribution in [0.5, 0.6) is 0 Å². The SMILES string of the molecule is N=C(N=C(N)N)N(S)S. The quantitative estimate of drug-likeness (QED) is 0.185. The number of hydrogen-bond acceptors (Lipinski definition) is 3. The van der Waals surface area contributed by atoms with Crippen LogP contribution in [0.25, 0.3) is 0 Å². The lowest BCUT2D eigenvalue weighted by Crippen LogP contribution is -2.25. The second kappa shape index (κ2) is 3.46. The number of nitrogens with zero attached hydrogens (tertiary/aromatic N) is 2. The Morgan fingerprint density at radius 1 is 1.44 bits per heavy atom. The van der Waals surface area contributed by atoms with Crippen molar-refractivity contribution in [3.8, 4) is 0 Å². The first kappa shape index (κ1) is 8.44. The molecule has 0 aromatic rings. The molecule has 0 aliphatic carbocycles. The lowest BCUT2D eigenvalue weighted by molar-refractivity contribution is 1.09. The molecule has 9 heavy (non-hydrogen) atoms. The summed E-state index contributed by atoms with van der Waals surface area (Å²) in [5, 5.41) is 6.90. The summed E-state index contributed by atoms with van der Waals surface area (Å²) in [5.74, 6) is -0.408. The van der Waals surface area contributed by atoms with Gasteiger partial charge in [0.1, 0.15) is 0 Å². The van der Waals surface area contributed by atoms with Gasteiger partial charge in [-0.15, -0.1) is 0 Å². The summed E-state index contributed by atoms with van der Waals surface area (Å²) in [7, 11) is 0. The molecule has 0 unspecified atom stereocenters. The van der Waals surface area contributed by atoms with Crippen molar-refractivity contribution in [2.45, 2.75) is 0 Å². The molecule has 0 spiro atoms. The number of rotatable bonds is 0. The largest absolute Gasteiger partial charge is 0.370 e. The fourth-order valence-corrected chi connectivity index (χ4v) is 0.256. The maximum atomic E-state index is 6.90. The molecule has 0 bridgehead atoms. The van der Waals surface area contributed by atoms with Crippen molar-refractivity contribution < 1.29 is 0 Å². The molecule has 0 radical (unpaired) electrons. The van der Waals surface area contributed by atoms with Gasteiger partial charge < -0.3 is 11.5 Å². The first-order valence-corrected chi connectivity index (χ1v) is 2.70. The van der Waals surface area contributed by atoms with Crippen molar-refractivity contribution in [1.29, 1.82) is 5.41 Å². The van der Waals surface area contributed by atoms with Gasteiger partial charge in [0, 0.05) is 0 Å². The summed E-state index contributed by atoms with van der Waals surface area (Å²) in [6.45, 7) is 0. The molecule has 0 aromatic heterocycles. The van der Waals surface area contributed by atoms with Crippen LogP contribution >= 0.6 is 25.6 Å². The Hall–Kier alpha value is -0.560. The maximum absolute atomic E-state index is 6.90. The Morgan fingerprint density at radius 3 is 2.00 bits per heavy atom. The molecule has 0 atom stereocenters. The Morgan fingerprint density at radius 2 is 1.89 bits per heavy atom. The highest BCUT2D eigenvalue weighted by Crippen LogP contribution is 1.97. The number of guanidine groups is 2. The number of nitrogens with one attached hydrogen (secondary N) is 1. The average Bonchev–Trinajstić information content (AvgIpc) is 1.63. The van der Waals surface area contributed by atoms with Crippen LogP contribution in [0.1, 0.15) is 0 Å². The lowest BCUT2D eigenvalue weighted by atomic mass is 11.0. The molecule has 5 N–H and O–H groups in total. The van der Waals surface area contributed by atoms with Crippen LogP contribution in [0.2, 0.25) is 0 Å². The molecule has 0 amide bonds. The van der Waals surface area contributed by atoms with E-state index in [-0.39, 0.29) is 11.9 Å². The first-order chi connectivity index (χ1) is 4.04. The molecule has 0 aliphatic heterocycles. The van der Waals surface area contributed by atoms with Crippen LogP contribution < -0.4 is 11.5 Å². The van der Waals surface area contributed by atoms with Gasteiger partial charge in [0.05, 0.1) is 0 Å². The minimum absolute atomic E-state index is 0.187. The topological polar surface area (TPSA) is 91.5 Å². The number of hydrogen-bond donors (Lipinski definition) is 5. The molecule has 0 aliphatic rings. The molecule has 52 valence electrons. The van der Waals surface area contributed by atoms with E-state index in [2.05, 4.69) is 30.6 Å². The standard InChI is InChI=1S/C2H7N5S2/c3-1(4)6-2(5)7(8)9/h8-9H,(H5,3,4,5,6). The summed E-state index contributed by atoms with van der Waals surface area (Å²) in [6, 6.07) is 0. The minimum atomic E-state index is -0.221. The van der Waals surface area contributed by atoms with Crippen LogP contribution in [0, 0.1) is 5.41 Å². The highest BCUT2D eigenvalue weighted by Gasteiger charge is 1.95. The molecule has 0 fully saturated rings. The van der Waals surface area contributed by atoms with E-state index < -0.39 is 0 Å². The normalized spacial score (nSPS) is 8.22. The lowest BCUT2D eigenvalue weighted by Gasteiger charge is -2.03. The fraction of sp³-hybridized carbons (Fsp3) is 0. The van der Waals surface area contributed by atoms with E-state index in [1.54, 1.807) is 0 Å². The van der Waals surface area contributed by atoms with E-state index in [0.717, 1.165) is 3.71 Å². The number of aliphatic imine (C=N–C) groups is 1. The van der Waals surface area contributed by atoms with Crippen LogP contribution in [0.3, 0.4) is 0 Å². The van der Waals surface area contributed by atoms with E-state index in [1.165, 1.54) is 0 Å². The monoisotopic (exact) mass is 165 g/mol. The van der Waals surface area contributed by atoms with Gasteiger partial charge >= 0.3 is 0 Å². The zero-order valence-electron chi connectivity index (χ0n) is 4.44. The predicted molar refractivity (Wildman–Crippen MR) is 43.3 cm³/mol. The zero-order chi connectivity index (χ0) is 7.44. The third-order valence-electron chi connectivity index (χ3n) is 0.424. The van der Waals surface area contributed by atoms with Gasteiger partial charge in [-0.2, -0.15) is 4.99 Å². The van der Waals surface area contributed by atoms with Gasteiger partial charge in [0.2, 0.25) is 5.96 Å². The highest BCUT2D eigenvalue weighted by molar-refractivity contribution is 7.94. The summed E-state index contributed by atoms with van der Waals surface area (Å²) >= 11 is 7.24. The van der Waals surface area contributed by atoms with E-state index in [1.807, 2.05) is 0 Å². The van der Waals surface area contributed by atoms with Gasteiger partial charge in [0.15, 0.2) is 5.96 Å². The molecule has 0 aromatic carbocycles. The molecular weight excluding hydrogens is 158 g/mol. The van der Waals surface area contributed by atoms with Crippen LogP contribution in [0.15, 0.2) is 4.99 Å². The highest BCUT2D eigenvalue weighted by atomic mass is 32.2. The Kier molecular flexibility index (Phi) is 3.25. The maximum Gasteiger partial charge on any atom is 0.241 e. The van der Waals surface area contributed by atoms with Crippen LogP contribution in [-0.2, 0) is 0 Å². The minimum Gasteiger partial charge on any atom is -0.370 e. The zero-order valence-corrected chi connectivity index (χ0v) is 6.23. The van der Waals surface area contributed by atoms with Gasteiger partial charge in [-0.1, -0.05) is 25.6 Å². The second-order valence-corrected chi connectivity index (χ2v) is 2.27. The van der Waals surface area contributed by atoms with E-state index in [0.29, 0.717) is 0 Å². The second-order valence-electron chi connectivity index (χ2n) is 1.15. The molecule has 7 heteroatoms. The molecule has 0 rings (SSSR count). The van der Waals surface area contributed by atoms with Crippen LogP contribution in [0.4, 0.5) is 0 Å². The van der Waals surface area contributed by atoms with Gasteiger partial charge in [-0.3, -0.25) is 5.41 Å². The molecular formula is C2H7N5S2. The third-order valence-corrected chi connectivity index (χ3v) is 0.803. The summed E-state index contributed by atoms with van der Waals surface area (Å²) in [6.07, 6.45) is 0. The summed E-state index contributed by atoms with van der Waals surface area (Å²) < 4.78 is 0.889. The molecule has 0 saturated heterocycles.